The smallest absolute Gasteiger partial charge is 0.323 e. The summed E-state index contributed by atoms with van der Waals surface area (Å²) in [5.74, 6) is -1.96. The highest BCUT2D eigenvalue weighted by molar-refractivity contribution is 5.89. The zero-order valence-electron chi connectivity index (χ0n) is 11.0. The number of carboxylic acid groups (broad SMARTS) is 1. The lowest BCUT2D eigenvalue weighted by molar-refractivity contribution is -0.145. The van der Waals surface area contributed by atoms with Gasteiger partial charge in [0.1, 0.15) is 12.6 Å². The molecule has 6 heteroatoms. The molecule has 0 aliphatic rings. The van der Waals surface area contributed by atoms with Crippen molar-refractivity contribution in [1.29, 1.82) is 0 Å². The molecule has 0 heterocycles. The minimum Gasteiger partial charge on any atom is -0.480 e. The van der Waals surface area contributed by atoms with Gasteiger partial charge in [0.25, 0.3) is 0 Å². The maximum absolute atomic E-state index is 12.1. The predicted octanol–water partition coefficient (Wildman–Crippen LogP) is 0.246. The summed E-state index contributed by atoms with van der Waals surface area (Å²) < 4.78 is 0. The molecule has 0 rings (SSSR count). The van der Waals surface area contributed by atoms with Crippen LogP contribution in [0.15, 0.2) is 12.7 Å². The van der Waals surface area contributed by atoms with E-state index in [-0.39, 0.29) is 18.4 Å². The molecule has 0 saturated carbocycles. The second-order valence-corrected chi connectivity index (χ2v) is 4.32. The Kier molecular flexibility index (Phi) is 6.70. The van der Waals surface area contributed by atoms with E-state index in [4.69, 9.17) is 5.11 Å². The molecule has 0 aliphatic carbocycles. The average Bonchev–Trinajstić information content (AvgIpc) is 2.23. The van der Waals surface area contributed by atoms with Crippen LogP contribution in [0.25, 0.3) is 0 Å². The molecule has 0 fully saturated rings. The standard InChI is InChI=1S/C12H20N2O4/c1-5-6-14(7-10(16)17)12(18)11(8(2)3)13-9(4)15/h5,8,11H,1,6-7H2,2-4H3,(H,13,15)(H,16,17). The Bertz CT molecular complexity index is 339. The highest BCUT2D eigenvalue weighted by atomic mass is 16.4. The molecule has 0 aromatic heterocycles. The van der Waals surface area contributed by atoms with Gasteiger partial charge in [-0.3, -0.25) is 14.4 Å². The number of hydrogen-bond acceptors (Lipinski definition) is 3. The summed E-state index contributed by atoms with van der Waals surface area (Å²) in [6, 6.07) is -0.721. The SMILES string of the molecule is C=CCN(CC(=O)O)C(=O)C(NC(C)=O)C(C)C. The van der Waals surface area contributed by atoms with Gasteiger partial charge in [0.15, 0.2) is 0 Å². The maximum atomic E-state index is 12.1. The van der Waals surface area contributed by atoms with E-state index < -0.39 is 24.5 Å². The quantitative estimate of drug-likeness (QED) is 0.639. The maximum Gasteiger partial charge on any atom is 0.323 e. The number of carbonyl (C=O) groups excluding carboxylic acids is 2. The first-order valence-electron chi connectivity index (χ1n) is 5.68. The lowest BCUT2D eigenvalue weighted by Crippen LogP contribution is -2.51. The fraction of sp³-hybridized carbons (Fsp3) is 0.583. The molecule has 2 N–H and O–H groups in total. The van der Waals surface area contributed by atoms with Gasteiger partial charge < -0.3 is 15.3 Å². The third kappa shape index (κ3) is 5.47. The van der Waals surface area contributed by atoms with Crippen LogP contribution >= 0.6 is 0 Å². The van der Waals surface area contributed by atoms with Crippen LogP contribution in [-0.4, -0.2) is 46.9 Å². The number of aliphatic carboxylic acids is 1. The van der Waals surface area contributed by atoms with Crippen molar-refractivity contribution >= 4 is 17.8 Å². The summed E-state index contributed by atoms with van der Waals surface area (Å²) in [5.41, 5.74) is 0. The molecule has 0 aromatic rings. The molecule has 0 aliphatic heterocycles. The van der Waals surface area contributed by atoms with Gasteiger partial charge in [0.2, 0.25) is 11.8 Å². The van der Waals surface area contributed by atoms with Crippen LogP contribution in [0.3, 0.4) is 0 Å². The molecule has 1 atom stereocenters. The molecule has 0 radical (unpaired) electrons. The van der Waals surface area contributed by atoms with Gasteiger partial charge in [-0.1, -0.05) is 19.9 Å². The minimum absolute atomic E-state index is 0.123. The van der Waals surface area contributed by atoms with Crippen LogP contribution in [-0.2, 0) is 14.4 Å². The monoisotopic (exact) mass is 256 g/mol. The van der Waals surface area contributed by atoms with Crippen LogP contribution in [0, 0.1) is 5.92 Å². The van der Waals surface area contributed by atoms with Gasteiger partial charge in [-0.25, -0.2) is 0 Å². The fourth-order valence-electron chi connectivity index (χ4n) is 1.48. The molecule has 2 amide bonds. The fourth-order valence-corrected chi connectivity index (χ4v) is 1.48. The lowest BCUT2D eigenvalue weighted by Gasteiger charge is -2.27. The van der Waals surface area contributed by atoms with Crippen molar-refractivity contribution in [3.05, 3.63) is 12.7 Å². The Morgan fingerprint density at radius 1 is 1.39 bits per heavy atom. The van der Waals surface area contributed by atoms with Crippen molar-refractivity contribution in [3.63, 3.8) is 0 Å². The summed E-state index contributed by atoms with van der Waals surface area (Å²) in [4.78, 5) is 35.0. The van der Waals surface area contributed by atoms with Gasteiger partial charge in [-0.05, 0) is 5.92 Å². The van der Waals surface area contributed by atoms with Crippen LogP contribution < -0.4 is 5.32 Å². The summed E-state index contributed by atoms with van der Waals surface area (Å²) in [7, 11) is 0. The number of carbonyl (C=O) groups is 3. The average molecular weight is 256 g/mol. The Balaban J connectivity index is 4.92. The van der Waals surface area contributed by atoms with Crippen molar-refractivity contribution in [2.24, 2.45) is 5.92 Å². The summed E-state index contributed by atoms with van der Waals surface area (Å²) in [5, 5.41) is 11.3. The zero-order chi connectivity index (χ0) is 14.3. The van der Waals surface area contributed by atoms with Gasteiger partial charge >= 0.3 is 5.97 Å². The summed E-state index contributed by atoms with van der Waals surface area (Å²) in [6.45, 7) is 8.09. The highest BCUT2D eigenvalue weighted by Crippen LogP contribution is 2.06. The zero-order valence-corrected chi connectivity index (χ0v) is 11.0. The van der Waals surface area contributed by atoms with E-state index in [1.54, 1.807) is 13.8 Å². The molecule has 6 nitrogen and oxygen atoms in total. The molecule has 0 aromatic carbocycles. The number of carboxylic acids is 1. The first-order chi connectivity index (χ1) is 8.29. The van der Waals surface area contributed by atoms with Crippen molar-refractivity contribution in [3.8, 4) is 0 Å². The van der Waals surface area contributed by atoms with Crippen LogP contribution in [0.4, 0.5) is 0 Å². The summed E-state index contributed by atoms with van der Waals surface area (Å²) in [6.07, 6.45) is 1.45. The number of nitrogens with one attached hydrogen (secondary N) is 1. The Hall–Kier alpha value is -1.85. The lowest BCUT2D eigenvalue weighted by atomic mass is 10.0. The molecule has 102 valence electrons. The topological polar surface area (TPSA) is 86.7 Å². The largest absolute Gasteiger partial charge is 0.480 e. The van der Waals surface area contributed by atoms with Gasteiger partial charge in [0.05, 0.1) is 0 Å². The molecule has 1 unspecified atom stereocenters. The number of rotatable bonds is 7. The first-order valence-corrected chi connectivity index (χ1v) is 5.68. The van der Waals surface area contributed by atoms with E-state index in [1.165, 1.54) is 13.0 Å². The van der Waals surface area contributed by atoms with Crippen LogP contribution in [0.2, 0.25) is 0 Å². The Morgan fingerprint density at radius 2 is 1.94 bits per heavy atom. The second-order valence-electron chi connectivity index (χ2n) is 4.32. The van der Waals surface area contributed by atoms with E-state index in [1.807, 2.05) is 0 Å². The van der Waals surface area contributed by atoms with E-state index in [0.717, 1.165) is 4.90 Å². The Labute approximate surface area is 107 Å². The first kappa shape index (κ1) is 16.1. The summed E-state index contributed by atoms with van der Waals surface area (Å²) >= 11 is 0. The van der Waals surface area contributed by atoms with E-state index in [9.17, 15) is 14.4 Å². The van der Waals surface area contributed by atoms with Crippen LogP contribution in [0.1, 0.15) is 20.8 Å². The van der Waals surface area contributed by atoms with Crippen molar-refractivity contribution in [2.75, 3.05) is 13.1 Å². The second kappa shape index (κ2) is 7.47. The van der Waals surface area contributed by atoms with Crippen LogP contribution in [0.5, 0.6) is 0 Å². The van der Waals surface area contributed by atoms with E-state index >= 15 is 0 Å². The third-order valence-corrected chi connectivity index (χ3v) is 2.28. The van der Waals surface area contributed by atoms with Crippen molar-refractivity contribution < 1.29 is 19.5 Å². The van der Waals surface area contributed by atoms with Gasteiger partial charge in [0, 0.05) is 13.5 Å². The minimum atomic E-state index is -1.10. The van der Waals surface area contributed by atoms with Crippen molar-refractivity contribution in [1.82, 2.24) is 10.2 Å². The van der Waals surface area contributed by atoms with E-state index in [0.29, 0.717) is 0 Å². The third-order valence-electron chi connectivity index (χ3n) is 2.28. The molecule has 0 spiro atoms. The molecular formula is C12H20N2O4. The van der Waals surface area contributed by atoms with Gasteiger partial charge in [-0.15, -0.1) is 6.58 Å². The van der Waals surface area contributed by atoms with E-state index in [2.05, 4.69) is 11.9 Å². The predicted molar refractivity (Wildman–Crippen MR) is 66.9 cm³/mol. The molecule has 0 saturated heterocycles. The number of hydrogen-bond donors (Lipinski definition) is 2. The highest BCUT2D eigenvalue weighted by Gasteiger charge is 2.28. The number of nitrogens with zero attached hydrogens (tertiary/aromatic N) is 1. The molecule has 0 bridgehead atoms. The molecule has 18 heavy (non-hydrogen) atoms. The molecular weight excluding hydrogens is 236 g/mol. The van der Waals surface area contributed by atoms with Gasteiger partial charge in [-0.2, -0.15) is 0 Å². The number of amides is 2. The van der Waals surface area contributed by atoms with Crippen molar-refractivity contribution in [2.45, 2.75) is 26.8 Å². The normalized spacial score (nSPS) is 11.8. The Morgan fingerprint density at radius 3 is 2.28 bits per heavy atom.